The quantitative estimate of drug-likeness (QED) is 0.781. The van der Waals surface area contributed by atoms with Crippen LogP contribution in [0.15, 0.2) is 30.3 Å². The van der Waals surface area contributed by atoms with Gasteiger partial charge in [0.2, 0.25) is 0 Å². The molecule has 0 radical (unpaired) electrons. The number of H-pyrrole nitrogens is 1. The maximum Gasteiger partial charge on any atom is 0.270 e. The number of amides is 1. The van der Waals surface area contributed by atoms with Crippen molar-refractivity contribution >= 4 is 27.7 Å². The van der Waals surface area contributed by atoms with Crippen LogP contribution in [0.1, 0.15) is 29.0 Å². The van der Waals surface area contributed by atoms with Crippen LogP contribution in [-0.2, 0) is 4.74 Å². The average Bonchev–Trinajstić information content (AvgIpc) is 3.21. The van der Waals surface area contributed by atoms with Crippen molar-refractivity contribution in [2.75, 3.05) is 13.2 Å². The van der Waals surface area contributed by atoms with Crippen LogP contribution in [0.2, 0.25) is 0 Å². The summed E-state index contributed by atoms with van der Waals surface area (Å²) in [5.74, 6) is -0.141. The molecule has 1 amide bonds. The predicted octanol–water partition coefficient (Wildman–Crippen LogP) is 2.93. The first-order chi connectivity index (χ1) is 11.2. The lowest BCUT2D eigenvalue weighted by Crippen LogP contribution is -2.31. The number of hydrogen-bond donors (Lipinski definition) is 2. The maximum absolute atomic E-state index is 12.3. The zero-order valence-electron chi connectivity index (χ0n) is 13.1. The molecule has 4 rings (SSSR count). The Morgan fingerprint density at radius 1 is 1.35 bits per heavy atom. The molecule has 1 atom stereocenters. The van der Waals surface area contributed by atoms with Gasteiger partial charge in [0, 0.05) is 29.6 Å². The Morgan fingerprint density at radius 3 is 3.00 bits per heavy atom. The topological polar surface area (TPSA) is 67.0 Å². The molecular weight excluding hydrogens is 290 g/mol. The molecular formula is C18H19N3O2. The summed E-state index contributed by atoms with van der Waals surface area (Å²) in [6.45, 7) is 3.35. The number of pyridine rings is 1. The molecule has 3 heterocycles. The minimum Gasteiger partial charge on any atom is -0.376 e. The number of nitrogens with zero attached hydrogens (tertiary/aromatic N) is 1. The fourth-order valence-corrected chi connectivity index (χ4v) is 3.10. The van der Waals surface area contributed by atoms with Gasteiger partial charge in [0.1, 0.15) is 5.69 Å². The Morgan fingerprint density at radius 2 is 2.17 bits per heavy atom. The van der Waals surface area contributed by atoms with Gasteiger partial charge in [-0.25, -0.2) is 4.98 Å². The van der Waals surface area contributed by atoms with Crippen LogP contribution in [0.4, 0.5) is 0 Å². The predicted molar refractivity (Wildman–Crippen MR) is 89.6 cm³/mol. The fourth-order valence-electron chi connectivity index (χ4n) is 3.10. The lowest BCUT2D eigenvalue weighted by molar-refractivity contribution is 0.0854. The van der Waals surface area contributed by atoms with Gasteiger partial charge >= 0.3 is 0 Å². The molecule has 3 aromatic rings. The molecule has 1 aliphatic rings. The number of aromatic nitrogens is 2. The molecule has 23 heavy (non-hydrogen) atoms. The number of carbonyl (C=O) groups is 1. The van der Waals surface area contributed by atoms with Crippen molar-refractivity contribution in [2.24, 2.45) is 0 Å². The van der Waals surface area contributed by atoms with Gasteiger partial charge in [0.25, 0.3) is 5.91 Å². The van der Waals surface area contributed by atoms with Gasteiger partial charge in [-0.15, -0.1) is 0 Å². The highest BCUT2D eigenvalue weighted by atomic mass is 16.5. The van der Waals surface area contributed by atoms with Gasteiger partial charge in [-0.1, -0.05) is 18.2 Å². The zero-order valence-corrected chi connectivity index (χ0v) is 13.1. The van der Waals surface area contributed by atoms with E-state index < -0.39 is 0 Å². The van der Waals surface area contributed by atoms with Crippen LogP contribution in [0.25, 0.3) is 21.8 Å². The lowest BCUT2D eigenvalue weighted by atomic mass is 10.1. The summed E-state index contributed by atoms with van der Waals surface area (Å²) in [5, 5.41) is 4.99. The number of fused-ring (bicyclic) bond motifs is 3. The number of benzene rings is 1. The average molecular weight is 309 g/mol. The second-order valence-electron chi connectivity index (χ2n) is 6.10. The third-order valence-electron chi connectivity index (χ3n) is 4.35. The van der Waals surface area contributed by atoms with Crippen molar-refractivity contribution in [2.45, 2.75) is 25.9 Å². The number of hydrogen-bond acceptors (Lipinski definition) is 3. The molecule has 1 unspecified atom stereocenters. The zero-order chi connectivity index (χ0) is 15.8. The highest BCUT2D eigenvalue weighted by molar-refractivity contribution is 6.07. The molecule has 0 aliphatic carbocycles. The normalized spacial score (nSPS) is 17.9. The first-order valence-electron chi connectivity index (χ1n) is 7.99. The van der Waals surface area contributed by atoms with Crippen LogP contribution >= 0.6 is 0 Å². The Labute approximate surface area is 134 Å². The Kier molecular flexibility index (Phi) is 3.50. The number of rotatable bonds is 3. The van der Waals surface area contributed by atoms with E-state index >= 15 is 0 Å². The first kappa shape index (κ1) is 14.2. The smallest absolute Gasteiger partial charge is 0.270 e. The van der Waals surface area contributed by atoms with Crippen molar-refractivity contribution in [3.8, 4) is 0 Å². The van der Waals surface area contributed by atoms with Gasteiger partial charge in [-0.05, 0) is 31.9 Å². The molecule has 1 aromatic carbocycles. The number of ether oxygens (including phenoxy) is 1. The SMILES string of the molecule is Cc1ccc2ccc3cc(C(=O)NCC4CCCO4)nc3c2[nH]1. The Hall–Kier alpha value is -2.40. The monoisotopic (exact) mass is 309 g/mol. The molecule has 2 aromatic heterocycles. The molecule has 5 nitrogen and oxygen atoms in total. The third kappa shape index (κ3) is 2.68. The largest absolute Gasteiger partial charge is 0.376 e. The van der Waals surface area contributed by atoms with E-state index in [4.69, 9.17) is 4.74 Å². The summed E-state index contributed by atoms with van der Waals surface area (Å²) < 4.78 is 5.53. The van der Waals surface area contributed by atoms with Crippen LogP contribution in [0, 0.1) is 6.92 Å². The Balaban J connectivity index is 1.63. The number of aryl methyl sites for hydroxylation is 1. The van der Waals surface area contributed by atoms with E-state index in [0.29, 0.717) is 12.2 Å². The van der Waals surface area contributed by atoms with Crippen LogP contribution in [-0.4, -0.2) is 35.1 Å². The van der Waals surface area contributed by atoms with Crippen LogP contribution < -0.4 is 5.32 Å². The second kappa shape index (κ2) is 5.66. The van der Waals surface area contributed by atoms with Crippen LogP contribution in [0.3, 0.4) is 0 Å². The van der Waals surface area contributed by atoms with E-state index in [2.05, 4.69) is 21.4 Å². The molecule has 1 saturated heterocycles. The van der Waals surface area contributed by atoms with Crippen molar-refractivity contribution in [3.05, 3.63) is 41.7 Å². The van der Waals surface area contributed by atoms with Gasteiger partial charge < -0.3 is 15.0 Å². The van der Waals surface area contributed by atoms with Gasteiger partial charge in [0.15, 0.2) is 0 Å². The summed E-state index contributed by atoms with van der Waals surface area (Å²) >= 11 is 0. The van der Waals surface area contributed by atoms with E-state index in [1.54, 1.807) is 0 Å². The minimum absolute atomic E-state index is 0.139. The molecule has 0 saturated carbocycles. The molecule has 0 bridgehead atoms. The van der Waals surface area contributed by atoms with E-state index in [1.165, 1.54) is 0 Å². The van der Waals surface area contributed by atoms with Crippen molar-refractivity contribution in [3.63, 3.8) is 0 Å². The number of aromatic amines is 1. The molecule has 0 spiro atoms. The molecule has 5 heteroatoms. The summed E-state index contributed by atoms with van der Waals surface area (Å²) in [4.78, 5) is 20.2. The van der Waals surface area contributed by atoms with Gasteiger partial charge in [-0.3, -0.25) is 4.79 Å². The van der Waals surface area contributed by atoms with E-state index in [-0.39, 0.29) is 12.0 Å². The van der Waals surface area contributed by atoms with Gasteiger partial charge in [-0.2, -0.15) is 0 Å². The van der Waals surface area contributed by atoms with Crippen molar-refractivity contribution < 1.29 is 9.53 Å². The second-order valence-corrected chi connectivity index (χ2v) is 6.10. The molecule has 1 fully saturated rings. The third-order valence-corrected chi connectivity index (χ3v) is 4.35. The standard InChI is InChI=1S/C18H19N3O2/c1-11-4-5-12-6-7-13-9-15(21-17(13)16(12)20-11)18(22)19-10-14-3-2-8-23-14/h4-7,9,14,20H,2-3,8,10H2,1H3,(H,19,22). The summed E-state index contributed by atoms with van der Waals surface area (Å²) in [7, 11) is 0. The summed E-state index contributed by atoms with van der Waals surface area (Å²) in [5.41, 5.74) is 3.34. The fraction of sp³-hybridized carbons (Fsp3) is 0.333. The van der Waals surface area contributed by atoms with Crippen molar-refractivity contribution in [1.29, 1.82) is 0 Å². The number of carbonyl (C=O) groups excluding carboxylic acids is 1. The molecule has 2 N–H and O–H groups in total. The van der Waals surface area contributed by atoms with E-state index in [0.717, 1.165) is 46.9 Å². The minimum atomic E-state index is -0.141. The Bertz CT molecular complexity index is 878. The first-order valence-corrected chi connectivity index (χ1v) is 7.99. The highest BCUT2D eigenvalue weighted by Crippen LogP contribution is 2.24. The van der Waals surface area contributed by atoms with E-state index in [9.17, 15) is 4.79 Å². The summed E-state index contributed by atoms with van der Waals surface area (Å²) in [6, 6.07) is 9.99. The molecule has 1 aliphatic heterocycles. The van der Waals surface area contributed by atoms with Gasteiger partial charge in [0.05, 0.1) is 17.1 Å². The summed E-state index contributed by atoms with van der Waals surface area (Å²) in [6.07, 6.45) is 2.22. The highest BCUT2D eigenvalue weighted by Gasteiger charge is 2.18. The molecule has 118 valence electrons. The number of nitrogens with one attached hydrogen (secondary N) is 2. The van der Waals surface area contributed by atoms with Crippen LogP contribution in [0.5, 0.6) is 0 Å². The van der Waals surface area contributed by atoms with E-state index in [1.807, 2.05) is 31.2 Å². The lowest BCUT2D eigenvalue weighted by Gasteiger charge is -2.09. The van der Waals surface area contributed by atoms with Crippen molar-refractivity contribution in [1.82, 2.24) is 15.3 Å². The maximum atomic E-state index is 12.3.